The van der Waals surface area contributed by atoms with Crippen LogP contribution in [-0.2, 0) is 0 Å². The van der Waals surface area contributed by atoms with Crippen LogP contribution in [0.5, 0.6) is 0 Å². The highest BCUT2D eigenvalue weighted by atomic mass is 14.4. The van der Waals surface area contributed by atoms with E-state index in [4.69, 9.17) is 0 Å². The summed E-state index contributed by atoms with van der Waals surface area (Å²) in [4.78, 5) is 0. The molecule has 1 aliphatic rings. The predicted molar refractivity (Wildman–Crippen MR) is 110 cm³/mol. The minimum absolute atomic E-state index is 0.642. The molecule has 1 aliphatic carbocycles. The van der Waals surface area contributed by atoms with E-state index < -0.39 is 0 Å². The molecule has 0 saturated carbocycles. The Kier molecular flexibility index (Phi) is 8.82. The van der Waals surface area contributed by atoms with Gasteiger partial charge in [-0.2, -0.15) is 0 Å². The van der Waals surface area contributed by atoms with Crippen molar-refractivity contribution < 1.29 is 0 Å². The van der Waals surface area contributed by atoms with Crippen LogP contribution in [0.25, 0.3) is 0 Å². The van der Waals surface area contributed by atoms with Crippen molar-refractivity contribution in [2.45, 2.75) is 94.4 Å². The van der Waals surface area contributed by atoms with Gasteiger partial charge in [-0.25, -0.2) is 0 Å². The standard InChI is InChI=1S/C24H44/c1-10-16(4)23-14-13-18(6)19(7)22(12-3)15-24(17(5)11-2)21(9)20(23)8/h15-17,20-23H,10-14H2,1-9H3. The van der Waals surface area contributed by atoms with Crippen LogP contribution in [0.4, 0.5) is 0 Å². The third kappa shape index (κ3) is 4.99. The van der Waals surface area contributed by atoms with E-state index in [1.165, 1.54) is 32.1 Å². The number of hydrogen-bond donors (Lipinski definition) is 0. The van der Waals surface area contributed by atoms with E-state index in [0.29, 0.717) is 17.8 Å². The van der Waals surface area contributed by atoms with Crippen molar-refractivity contribution in [2.75, 3.05) is 0 Å². The number of rotatable bonds is 5. The molecule has 6 unspecified atom stereocenters. The van der Waals surface area contributed by atoms with Crippen molar-refractivity contribution in [3.63, 3.8) is 0 Å². The van der Waals surface area contributed by atoms with Crippen LogP contribution in [0.1, 0.15) is 94.4 Å². The smallest absolute Gasteiger partial charge is 0.00232 e. The first-order chi connectivity index (χ1) is 11.3. The van der Waals surface area contributed by atoms with Gasteiger partial charge >= 0.3 is 0 Å². The fraction of sp³-hybridized carbons (Fsp3) is 0.833. The summed E-state index contributed by atoms with van der Waals surface area (Å²) in [6.45, 7) is 21.8. The third-order valence-electron chi connectivity index (χ3n) is 7.46. The van der Waals surface area contributed by atoms with Crippen molar-refractivity contribution in [2.24, 2.45) is 35.5 Å². The van der Waals surface area contributed by atoms with Crippen molar-refractivity contribution >= 4 is 0 Å². The Morgan fingerprint density at radius 2 is 1.67 bits per heavy atom. The molecule has 24 heavy (non-hydrogen) atoms. The van der Waals surface area contributed by atoms with Gasteiger partial charge in [-0.15, -0.1) is 0 Å². The summed E-state index contributed by atoms with van der Waals surface area (Å²) in [6.07, 6.45) is 9.14. The van der Waals surface area contributed by atoms with Crippen molar-refractivity contribution in [1.82, 2.24) is 0 Å². The molecule has 0 nitrogen and oxygen atoms in total. The Morgan fingerprint density at radius 3 is 2.17 bits per heavy atom. The van der Waals surface area contributed by atoms with Gasteiger partial charge in [0.25, 0.3) is 0 Å². The summed E-state index contributed by atoms with van der Waals surface area (Å²) in [6, 6.07) is 0. The lowest BCUT2D eigenvalue weighted by molar-refractivity contribution is 0.187. The molecule has 0 aliphatic heterocycles. The Hall–Kier alpha value is -0.520. The second-order valence-electron chi connectivity index (χ2n) is 8.69. The summed E-state index contributed by atoms with van der Waals surface area (Å²) in [7, 11) is 0. The van der Waals surface area contributed by atoms with E-state index in [0.717, 1.165) is 17.8 Å². The average Bonchev–Trinajstić information content (AvgIpc) is 2.59. The van der Waals surface area contributed by atoms with Crippen LogP contribution in [0, 0.1) is 35.5 Å². The molecule has 0 fully saturated rings. The molecule has 0 aromatic heterocycles. The Morgan fingerprint density at radius 1 is 1.04 bits per heavy atom. The quantitative estimate of drug-likeness (QED) is 0.447. The van der Waals surface area contributed by atoms with Gasteiger partial charge in [-0.1, -0.05) is 77.7 Å². The SMILES string of the molecule is CCC(C)C1=CC(CC)C(C)=C(C)CCC(C(C)CC)C(C)C1C. The molecular formula is C24H44. The van der Waals surface area contributed by atoms with E-state index in [1.807, 2.05) is 0 Å². The van der Waals surface area contributed by atoms with Crippen molar-refractivity contribution in [3.05, 3.63) is 22.8 Å². The molecule has 1 rings (SSSR count). The van der Waals surface area contributed by atoms with Gasteiger partial charge in [-0.3, -0.25) is 0 Å². The average molecular weight is 333 g/mol. The minimum Gasteiger partial charge on any atom is -0.0776 e. The maximum Gasteiger partial charge on any atom is -0.00232 e. The highest BCUT2D eigenvalue weighted by Crippen LogP contribution is 2.41. The van der Waals surface area contributed by atoms with Crippen LogP contribution in [-0.4, -0.2) is 0 Å². The van der Waals surface area contributed by atoms with Crippen LogP contribution < -0.4 is 0 Å². The monoisotopic (exact) mass is 332 g/mol. The van der Waals surface area contributed by atoms with E-state index >= 15 is 0 Å². The highest BCUT2D eigenvalue weighted by molar-refractivity contribution is 5.23. The van der Waals surface area contributed by atoms with Gasteiger partial charge in [0.05, 0.1) is 0 Å². The van der Waals surface area contributed by atoms with Crippen molar-refractivity contribution in [3.8, 4) is 0 Å². The van der Waals surface area contributed by atoms with Crippen LogP contribution >= 0.6 is 0 Å². The van der Waals surface area contributed by atoms with Crippen LogP contribution in [0.15, 0.2) is 22.8 Å². The maximum absolute atomic E-state index is 2.67. The van der Waals surface area contributed by atoms with Crippen LogP contribution in [0.2, 0.25) is 0 Å². The van der Waals surface area contributed by atoms with Gasteiger partial charge in [0.1, 0.15) is 0 Å². The van der Waals surface area contributed by atoms with E-state index in [9.17, 15) is 0 Å². The molecular weight excluding hydrogens is 288 g/mol. The summed E-state index contributed by atoms with van der Waals surface area (Å²) >= 11 is 0. The molecule has 0 aromatic carbocycles. The van der Waals surface area contributed by atoms with Gasteiger partial charge in [0.2, 0.25) is 0 Å². The Bertz CT molecular complexity index is 439. The Labute approximate surface area is 153 Å². The molecule has 0 spiro atoms. The maximum atomic E-state index is 2.67. The second kappa shape index (κ2) is 9.83. The molecule has 0 saturated heterocycles. The summed E-state index contributed by atoms with van der Waals surface area (Å²) in [5.41, 5.74) is 5.03. The van der Waals surface area contributed by atoms with Gasteiger partial charge < -0.3 is 0 Å². The minimum atomic E-state index is 0.642. The van der Waals surface area contributed by atoms with E-state index in [1.54, 1.807) is 16.7 Å². The van der Waals surface area contributed by atoms with Gasteiger partial charge in [0, 0.05) is 0 Å². The molecule has 0 amide bonds. The summed E-state index contributed by atoms with van der Waals surface area (Å²) < 4.78 is 0. The summed E-state index contributed by atoms with van der Waals surface area (Å²) in [5, 5.41) is 0. The Balaban J connectivity index is 3.37. The number of allylic oxidation sites excluding steroid dienone is 4. The lowest BCUT2D eigenvalue weighted by Gasteiger charge is -2.37. The first-order valence-electron chi connectivity index (χ1n) is 10.7. The lowest BCUT2D eigenvalue weighted by Crippen LogP contribution is -2.28. The first kappa shape index (κ1) is 21.5. The zero-order chi connectivity index (χ0) is 18.4. The third-order valence-corrected chi connectivity index (χ3v) is 7.46. The highest BCUT2D eigenvalue weighted by Gasteiger charge is 2.31. The fourth-order valence-electron chi connectivity index (χ4n) is 4.72. The zero-order valence-corrected chi connectivity index (χ0v) is 18.1. The second-order valence-corrected chi connectivity index (χ2v) is 8.69. The predicted octanol–water partition coefficient (Wildman–Crippen LogP) is 8.05. The molecule has 0 bridgehead atoms. The molecule has 6 atom stereocenters. The van der Waals surface area contributed by atoms with Crippen LogP contribution in [0.3, 0.4) is 0 Å². The van der Waals surface area contributed by atoms with E-state index in [-0.39, 0.29) is 0 Å². The zero-order valence-electron chi connectivity index (χ0n) is 18.1. The molecule has 0 heteroatoms. The molecule has 0 aromatic rings. The molecule has 140 valence electrons. The molecule has 0 radical (unpaired) electrons. The molecule has 0 N–H and O–H groups in total. The van der Waals surface area contributed by atoms with Gasteiger partial charge in [-0.05, 0) is 75.0 Å². The first-order valence-corrected chi connectivity index (χ1v) is 10.7. The molecule has 0 heterocycles. The van der Waals surface area contributed by atoms with Crippen molar-refractivity contribution in [1.29, 1.82) is 0 Å². The number of hydrogen-bond acceptors (Lipinski definition) is 0. The largest absolute Gasteiger partial charge is 0.0776 e. The van der Waals surface area contributed by atoms with E-state index in [2.05, 4.69) is 68.4 Å². The van der Waals surface area contributed by atoms with Gasteiger partial charge in [0.15, 0.2) is 0 Å². The topological polar surface area (TPSA) is 0 Å². The normalized spacial score (nSPS) is 32.3. The summed E-state index contributed by atoms with van der Waals surface area (Å²) in [5.74, 6) is 4.52. The fourth-order valence-corrected chi connectivity index (χ4v) is 4.72. The lowest BCUT2D eigenvalue weighted by atomic mass is 9.68.